The second-order valence-electron chi connectivity index (χ2n) is 9.84. The lowest BCUT2D eigenvalue weighted by Crippen LogP contribution is -2.36. The van der Waals surface area contributed by atoms with Crippen molar-refractivity contribution in [3.8, 4) is 22.7 Å². The van der Waals surface area contributed by atoms with Crippen molar-refractivity contribution >= 4 is 0 Å². The quantitative estimate of drug-likeness (QED) is 0.235. The zero-order chi connectivity index (χ0) is 30.1. The van der Waals surface area contributed by atoms with Crippen molar-refractivity contribution < 1.29 is 0 Å². The molecule has 0 spiro atoms. The molecule has 0 atom stereocenters. The normalized spacial score (nSPS) is 11.6. The van der Waals surface area contributed by atoms with Gasteiger partial charge in [-0.25, -0.2) is 18.7 Å². The first-order chi connectivity index (χ1) is 22.4. The summed E-state index contributed by atoms with van der Waals surface area (Å²) in [6.45, 7) is 0. The van der Waals surface area contributed by atoms with Crippen molar-refractivity contribution in [2.24, 2.45) is 0 Å². The largest absolute Gasteiger partial charge is 0.200 e. The van der Waals surface area contributed by atoms with Gasteiger partial charge in [0.1, 0.15) is 25.3 Å². The van der Waals surface area contributed by atoms with Crippen LogP contribution in [0.3, 0.4) is 0 Å². The number of hydrogen-bond donors (Lipinski definition) is 0. The molecular formula is C29H20N16. The first-order valence-electron chi connectivity index (χ1n) is 13.7. The number of para-hydroxylation sites is 4. The Kier molecular flexibility index (Phi) is 6.19. The molecule has 4 aromatic heterocycles. The third-order valence-electron chi connectivity index (χ3n) is 7.62. The van der Waals surface area contributed by atoms with Crippen molar-refractivity contribution in [1.29, 1.82) is 0 Å². The highest BCUT2D eigenvalue weighted by molar-refractivity contribution is 5.73. The maximum Gasteiger partial charge on any atom is 0.143 e. The van der Waals surface area contributed by atoms with Crippen molar-refractivity contribution in [1.82, 2.24) is 80.8 Å². The molecule has 0 saturated carbocycles. The minimum atomic E-state index is -1.16. The minimum Gasteiger partial charge on any atom is -0.200 e. The molecule has 4 aromatic carbocycles. The molecule has 8 rings (SSSR count). The van der Waals surface area contributed by atoms with Crippen LogP contribution in [0.2, 0.25) is 0 Å². The lowest BCUT2D eigenvalue weighted by atomic mass is 9.63. The van der Waals surface area contributed by atoms with Crippen molar-refractivity contribution in [2.75, 3.05) is 0 Å². The Morgan fingerprint density at radius 3 is 0.800 bits per heavy atom. The molecule has 4 heterocycles. The van der Waals surface area contributed by atoms with Crippen LogP contribution in [0.5, 0.6) is 0 Å². The van der Waals surface area contributed by atoms with E-state index >= 15 is 0 Å². The van der Waals surface area contributed by atoms with E-state index in [2.05, 4.69) is 86.4 Å². The molecule has 45 heavy (non-hydrogen) atoms. The second-order valence-corrected chi connectivity index (χ2v) is 9.84. The van der Waals surface area contributed by atoms with Crippen molar-refractivity contribution in [3.63, 3.8) is 0 Å². The van der Waals surface area contributed by atoms with E-state index in [0.29, 0.717) is 0 Å². The summed E-state index contributed by atoms with van der Waals surface area (Å²) in [5.74, 6) is 0. The van der Waals surface area contributed by atoms with E-state index in [-0.39, 0.29) is 0 Å². The summed E-state index contributed by atoms with van der Waals surface area (Å²) < 4.78 is 6.57. The zero-order valence-corrected chi connectivity index (χ0v) is 23.2. The van der Waals surface area contributed by atoms with Gasteiger partial charge in [-0.3, -0.25) is 0 Å². The van der Waals surface area contributed by atoms with Crippen molar-refractivity contribution in [2.45, 2.75) is 5.41 Å². The monoisotopic (exact) mass is 592 g/mol. The average Bonchev–Trinajstić information content (AvgIpc) is 3.95. The fourth-order valence-electron chi connectivity index (χ4n) is 5.92. The number of nitrogens with zero attached hydrogens (tertiary/aromatic N) is 16. The van der Waals surface area contributed by atoms with Crippen LogP contribution < -0.4 is 0 Å². The standard InChI is InChI=1S/C29H20N16/c1-5-13-25(42-17-30-34-38-42)21(9-1)29(22-10-2-6-14-26(22)43-18-31-35-39-43,23-11-3-7-15-27(23)44-19-32-36-40-44)24-12-4-8-16-28(24)45-20-33-37-41-45/h1-20H. The molecule has 0 bridgehead atoms. The van der Waals surface area contributed by atoms with Gasteiger partial charge in [-0.2, -0.15) is 0 Å². The molecule has 216 valence electrons. The summed E-state index contributed by atoms with van der Waals surface area (Å²) in [5.41, 5.74) is 5.09. The summed E-state index contributed by atoms with van der Waals surface area (Å²) in [6, 6.07) is 31.8. The molecule has 0 radical (unpaired) electrons. The maximum absolute atomic E-state index is 4.30. The number of benzene rings is 4. The molecule has 0 aliphatic heterocycles. The highest BCUT2D eigenvalue weighted by Gasteiger charge is 2.46. The smallest absolute Gasteiger partial charge is 0.143 e. The Balaban J connectivity index is 1.62. The Bertz CT molecular complexity index is 1860. The topological polar surface area (TPSA) is 174 Å². The minimum absolute atomic E-state index is 0.729. The predicted molar refractivity (Wildman–Crippen MR) is 156 cm³/mol. The van der Waals surface area contributed by atoms with Gasteiger partial charge in [-0.1, -0.05) is 72.8 Å². The van der Waals surface area contributed by atoms with Gasteiger partial charge in [0.15, 0.2) is 0 Å². The predicted octanol–water partition coefficient (Wildman–Crippen LogP) is 1.97. The molecule has 16 nitrogen and oxygen atoms in total. The third kappa shape index (κ3) is 4.15. The van der Waals surface area contributed by atoms with Gasteiger partial charge < -0.3 is 0 Å². The molecule has 0 unspecified atom stereocenters. The van der Waals surface area contributed by atoms with Crippen molar-refractivity contribution in [3.05, 3.63) is 145 Å². The van der Waals surface area contributed by atoms with Gasteiger partial charge in [0.25, 0.3) is 0 Å². The molecule has 0 saturated heterocycles. The van der Waals surface area contributed by atoms with E-state index in [4.69, 9.17) is 0 Å². The maximum atomic E-state index is 4.30. The Morgan fingerprint density at radius 1 is 0.333 bits per heavy atom. The highest BCUT2D eigenvalue weighted by atomic mass is 15.5. The molecule has 8 aromatic rings. The number of rotatable bonds is 8. The lowest BCUT2D eigenvalue weighted by molar-refractivity contribution is 0.670. The first kappa shape index (κ1) is 25.8. The summed E-state index contributed by atoms with van der Waals surface area (Å²) in [6.07, 6.45) is 6.27. The summed E-state index contributed by atoms with van der Waals surface area (Å²) >= 11 is 0. The molecular weight excluding hydrogens is 572 g/mol. The Hall–Kier alpha value is -6.84. The van der Waals surface area contributed by atoms with Crippen LogP contribution >= 0.6 is 0 Å². The van der Waals surface area contributed by atoms with E-state index in [1.165, 1.54) is 0 Å². The molecule has 0 aliphatic rings. The summed E-state index contributed by atoms with van der Waals surface area (Å²) in [7, 11) is 0. The van der Waals surface area contributed by atoms with Gasteiger partial charge in [0.2, 0.25) is 0 Å². The van der Waals surface area contributed by atoms with E-state index < -0.39 is 5.41 Å². The summed E-state index contributed by atoms with van der Waals surface area (Å²) in [4.78, 5) is 0. The summed E-state index contributed by atoms with van der Waals surface area (Å²) in [5, 5.41) is 48.8. The molecule has 0 amide bonds. The van der Waals surface area contributed by atoms with Crippen LogP contribution in [-0.4, -0.2) is 80.8 Å². The SMILES string of the molecule is c1ccc(C(c2ccccc2-n2cnnn2)(c2ccccc2-n2cnnn2)c2ccccc2-n2cnnn2)c(-n2cnnn2)c1. The Labute approximate surface area is 253 Å². The van der Waals surface area contributed by atoms with Gasteiger partial charge in [-0.15, -0.1) is 20.4 Å². The van der Waals surface area contributed by atoms with E-state index in [1.807, 2.05) is 72.8 Å². The third-order valence-corrected chi connectivity index (χ3v) is 7.62. The van der Waals surface area contributed by atoms with E-state index in [1.54, 1.807) is 44.0 Å². The molecule has 0 N–H and O–H groups in total. The highest BCUT2D eigenvalue weighted by Crippen LogP contribution is 2.51. The lowest BCUT2D eigenvalue weighted by Gasteiger charge is -2.40. The van der Waals surface area contributed by atoms with E-state index in [0.717, 1.165) is 45.0 Å². The number of tetrazole rings is 4. The van der Waals surface area contributed by atoms with Crippen LogP contribution in [0.4, 0.5) is 0 Å². The van der Waals surface area contributed by atoms with Gasteiger partial charge in [0, 0.05) is 0 Å². The fourth-order valence-corrected chi connectivity index (χ4v) is 5.92. The van der Waals surface area contributed by atoms with Gasteiger partial charge >= 0.3 is 0 Å². The van der Waals surface area contributed by atoms with Crippen LogP contribution in [0.1, 0.15) is 22.3 Å². The zero-order valence-electron chi connectivity index (χ0n) is 23.2. The van der Waals surface area contributed by atoms with Gasteiger partial charge in [0.05, 0.1) is 28.2 Å². The second kappa shape index (κ2) is 10.8. The molecule has 0 fully saturated rings. The average molecular weight is 593 g/mol. The van der Waals surface area contributed by atoms with E-state index in [9.17, 15) is 0 Å². The van der Waals surface area contributed by atoms with Gasteiger partial charge in [-0.05, 0) is 88.2 Å². The first-order valence-corrected chi connectivity index (χ1v) is 13.7. The molecule has 16 heteroatoms. The van der Waals surface area contributed by atoms with Crippen LogP contribution in [0.15, 0.2) is 122 Å². The number of hydrogen-bond acceptors (Lipinski definition) is 12. The fraction of sp³-hybridized carbons (Fsp3) is 0.0345. The Morgan fingerprint density at radius 2 is 0.578 bits per heavy atom. The molecule has 0 aliphatic carbocycles. The number of aromatic nitrogens is 16. The van der Waals surface area contributed by atoms with Crippen LogP contribution in [-0.2, 0) is 5.41 Å². The van der Waals surface area contributed by atoms with Crippen LogP contribution in [0.25, 0.3) is 22.7 Å². The van der Waals surface area contributed by atoms with Crippen LogP contribution in [0, 0.1) is 0 Å².